The van der Waals surface area contributed by atoms with E-state index in [1.54, 1.807) is 0 Å². The van der Waals surface area contributed by atoms with E-state index in [2.05, 4.69) is 189 Å². The highest BCUT2D eigenvalue weighted by atomic mass is 15.4. The van der Waals surface area contributed by atoms with Crippen LogP contribution in [0, 0.1) is 0 Å². The Morgan fingerprint density at radius 3 is 1.01 bits per heavy atom. The van der Waals surface area contributed by atoms with E-state index in [1.807, 2.05) is 0 Å². The molecule has 0 atom stereocenters. The van der Waals surface area contributed by atoms with Gasteiger partial charge in [-0.15, -0.1) is 0 Å². The number of likely N-dealkylation sites (tertiary alicyclic amines) is 3. The van der Waals surface area contributed by atoms with Crippen LogP contribution in [0.15, 0.2) is 0 Å². The van der Waals surface area contributed by atoms with Gasteiger partial charge in [-0.05, 0) is 175 Å². The Bertz CT molecular complexity index is 2010. The maximum Gasteiger partial charge on any atom is 0.232 e. The number of anilines is 6. The predicted molar refractivity (Wildman–Crippen MR) is 348 cm³/mol. The maximum atomic E-state index is 5.65. The largest absolute Gasteiger partial charge is 0.354 e. The number of nitrogens with zero attached hydrogens (tertiary/aromatic N) is 13. The fourth-order valence-electron chi connectivity index (χ4n) is 14.0. The molecular formula is C65H126N16. The van der Waals surface area contributed by atoms with E-state index in [0.717, 1.165) is 140 Å². The standard InChI is InChI=1S/C65H126N16/c1-21-26-30-31-32-33-34-35-36-37-40-78(49-67-55-69-54(66-38-27-22-2)70-57(71-55)79(39-25-5)51-43-60(6,7)75(18)61(8,9)44-51)50-68-56-72-58(80(41-28-23-3)52-45-62(10,11)76(19)63(12,13)46-52)74-59(73-56)81(42-29-24-4)53-47-64(14,15)77(20)65(16,17)48-53/h51-53H,21-50H2,1-20H3,(H,68,72,73,74)(H2,66,67,69,70,71). The van der Waals surface area contributed by atoms with E-state index >= 15 is 0 Å². The molecule has 0 amide bonds. The molecule has 16 nitrogen and oxygen atoms in total. The predicted octanol–water partition coefficient (Wildman–Crippen LogP) is 14.3. The number of piperidine rings is 3. The van der Waals surface area contributed by atoms with Gasteiger partial charge in [0.2, 0.25) is 35.7 Å². The molecule has 0 spiro atoms. The third-order valence-corrected chi connectivity index (χ3v) is 19.7. The van der Waals surface area contributed by atoms with E-state index < -0.39 is 0 Å². The number of aromatic nitrogens is 6. The molecule has 16 heteroatoms. The lowest BCUT2D eigenvalue weighted by atomic mass is 9.77. The molecule has 0 aliphatic carbocycles. The molecule has 5 heterocycles. The molecule has 2 aromatic heterocycles. The molecule has 0 saturated carbocycles. The summed E-state index contributed by atoms with van der Waals surface area (Å²) in [6.07, 6.45) is 26.7. The van der Waals surface area contributed by atoms with Crippen LogP contribution in [0.3, 0.4) is 0 Å². The zero-order chi connectivity index (χ0) is 59.8. The molecule has 0 aromatic carbocycles. The molecule has 0 unspecified atom stereocenters. The van der Waals surface area contributed by atoms with E-state index in [1.165, 1.54) is 57.8 Å². The fraction of sp³-hybridized carbons (Fsp3) is 0.908. The molecule has 3 fully saturated rings. The van der Waals surface area contributed by atoms with Crippen LogP contribution in [0.25, 0.3) is 0 Å². The molecular weight excluding hydrogens is 1000 g/mol. The number of hydrogen-bond acceptors (Lipinski definition) is 16. The van der Waals surface area contributed by atoms with Crippen LogP contribution in [-0.2, 0) is 0 Å². The van der Waals surface area contributed by atoms with Crippen molar-refractivity contribution in [1.82, 2.24) is 49.5 Å². The van der Waals surface area contributed by atoms with Gasteiger partial charge in [0.25, 0.3) is 0 Å². The van der Waals surface area contributed by atoms with Crippen molar-refractivity contribution in [2.75, 3.05) is 97.9 Å². The molecule has 3 aliphatic heterocycles. The molecule has 0 bridgehead atoms. The second-order valence-corrected chi connectivity index (χ2v) is 29.1. The van der Waals surface area contributed by atoms with Gasteiger partial charge in [-0.1, -0.05) is 112 Å². The summed E-state index contributed by atoms with van der Waals surface area (Å²) < 4.78 is 0. The summed E-state index contributed by atoms with van der Waals surface area (Å²) in [5.41, 5.74) is 0.0914. The Morgan fingerprint density at radius 2 is 0.654 bits per heavy atom. The molecule has 466 valence electrons. The highest BCUT2D eigenvalue weighted by Gasteiger charge is 2.48. The summed E-state index contributed by atoms with van der Waals surface area (Å²) >= 11 is 0. The Balaban J connectivity index is 1.55. The lowest BCUT2D eigenvalue weighted by Gasteiger charge is -2.56. The van der Waals surface area contributed by atoms with Crippen molar-refractivity contribution in [1.29, 1.82) is 0 Å². The molecule has 3 saturated heterocycles. The first-order chi connectivity index (χ1) is 38.1. The molecule has 5 rings (SSSR count). The second kappa shape index (κ2) is 30.6. The maximum absolute atomic E-state index is 5.65. The fourth-order valence-corrected chi connectivity index (χ4v) is 14.0. The van der Waals surface area contributed by atoms with Gasteiger partial charge < -0.3 is 30.7 Å². The van der Waals surface area contributed by atoms with Crippen molar-refractivity contribution in [3.05, 3.63) is 0 Å². The molecule has 2 aromatic rings. The van der Waals surface area contributed by atoms with Crippen molar-refractivity contribution in [2.24, 2.45) is 0 Å². The summed E-state index contributed by atoms with van der Waals surface area (Å²) in [7, 11) is 6.91. The molecule has 0 radical (unpaired) electrons. The lowest BCUT2D eigenvalue weighted by Crippen LogP contribution is -2.63. The first-order valence-electron chi connectivity index (χ1n) is 33.1. The average molecular weight is 1130 g/mol. The van der Waals surface area contributed by atoms with Crippen molar-refractivity contribution < 1.29 is 0 Å². The van der Waals surface area contributed by atoms with Gasteiger partial charge in [-0.2, -0.15) is 29.9 Å². The van der Waals surface area contributed by atoms with E-state index in [-0.39, 0.29) is 45.3 Å². The average Bonchev–Trinajstić information content (AvgIpc) is 3.39. The van der Waals surface area contributed by atoms with Crippen LogP contribution >= 0.6 is 0 Å². The number of hydrogen-bond donors (Lipinski definition) is 3. The molecule has 3 aliphatic rings. The van der Waals surface area contributed by atoms with Crippen molar-refractivity contribution >= 4 is 35.7 Å². The van der Waals surface area contributed by atoms with Crippen LogP contribution in [0.1, 0.15) is 265 Å². The summed E-state index contributed by atoms with van der Waals surface area (Å²) in [4.78, 5) is 50.1. The number of nitrogens with one attached hydrogen (secondary N) is 3. The highest BCUT2D eigenvalue weighted by molar-refractivity contribution is 5.48. The topological polar surface area (TPSA) is 136 Å². The minimum absolute atomic E-state index is 0.00898. The Kier molecular flexibility index (Phi) is 25.9. The van der Waals surface area contributed by atoms with Gasteiger partial charge in [-0.25, -0.2) is 0 Å². The van der Waals surface area contributed by atoms with E-state index in [0.29, 0.717) is 37.2 Å². The van der Waals surface area contributed by atoms with Crippen LogP contribution in [-0.4, -0.2) is 168 Å². The summed E-state index contributed by atoms with van der Waals surface area (Å²) in [6.45, 7) is 45.8. The number of rotatable bonds is 35. The van der Waals surface area contributed by atoms with Crippen LogP contribution in [0.2, 0.25) is 0 Å². The van der Waals surface area contributed by atoms with Gasteiger partial charge in [0.15, 0.2) is 0 Å². The Hall–Kier alpha value is -3.34. The first kappa shape index (κ1) is 68.4. The van der Waals surface area contributed by atoms with Crippen molar-refractivity contribution in [3.63, 3.8) is 0 Å². The molecule has 81 heavy (non-hydrogen) atoms. The van der Waals surface area contributed by atoms with Gasteiger partial charge in [0.1, 0.15) is 0 Å². The SMILES string of the molecule is CCCCCCCCCCCCN(CNc1nc(NCCCC)nc(N(CCC)C2CC(C)(C)N(C)C(C)(C)C2)n1)CNc1nc(N(CCCC)C2CC(C)(C)N(C)C(C)(C)C2)nc(N(CCCC)C2CC(C)(C)N(C)C(C)(C)C2)n1. The van der Waals surface area contributed by atoms with Gasteiger partial charge in [-0.3, -0.25) is 19.6 Å². The summed E-state index contributed by atoms with van der Waals surface area (Å²) in [5.74, 6) is 4.26. The van der Waals surface area contributed by atoms with Gasteiger partial charge in [0, 0.05) is 84.1 Å². The van der Waals surface area contributed by atoms with E-state index in [9.17, 15) is 0 Å². The lowest BCUT2D eigenvalue weighted by molar-refractivity contribution is -0.0133. The van der Waals surface area contributed by atoms with Crippen LogP contribution in [0.5, 0.6) is 0 Å². The second-order valence-electron chi connectivity index (χ2n) is 29.1. The summed E-state index contributed by atoms with van der Waals surface area (Å²) in [5, 5.41) is 11.3. The normalized spacial score (nSPS) is 20.4. The molecule has 3 N–H and O–H groups in total. The monoisotopic (exact) mass is 1130 g/mol. The minimum Gasteiger partial charge on any atom is -0.354 e. The first-order valence-corrected chi connectivity index (χ1v) is 33.1. The zero-order valence-electron chi connectivity index (χ0n) is 56.3. The van der Waals surface area contributed by atoms with Crippen molar-refractivity contribution in [3.8, 4) is 0 Å². The third-order valence-electron chi connectivity index (χ3n) is 19.7. The third kappa shape index (κ3) is 19.3. The van der Waals surface area contributed by atoms with Gasteiger partial charge in [0.05, 0.1) is 13.3 Å². The Labute approximate surface area is 497 Å². The number of unbranched alkanes of at least 4 members (excludes halogenated alkanes) is 12. The zero-order valence-corrected chi connectivity index (χ0v) is 56.3. The van der Waals surface area contributed by atoms with E-state index in [4.69, 9.17) is 29.9 Å². The van der Waals surface area contributed by atoms with Gasteiger partial charge >= 0.3 is 0 Å². The Morgan fingerprint density at radius 1 is 0.346 bits per heavy atom. The summed E-state index contributed by atoms with van der Waals surface area (Å²) in [6, 6.07) is 0.851. The highest BCUT2D eigenvalue weighted by Crippen LogP contribution is 2.43. The van der Waals surface area contributed by atoms with Crippen LogP contribution < -0.4 is 30.7 Å². The smallest absolute Gasteiger partial charge is 0.232 e. The minimum atomic E-state index is 0.00898. The quantitative estimate of drug-likeness (QED) is 0.0446. The van der Waals surface area contributed by atoms with Crippen LogP contribution in [0.4, 0.5) is 35.7 Å². The van der Waals surface area contributed by atoms with Crippen molar-refractivity contribution in [2.45, 2.75) is 317 Å².